The van der Waals surface area contributed by atoms with Gasteiger partial charge in [-0.25, -0.2) is 4.98 Å². The molecule has 0 aliphatic carbocycles. The maximum Gasteiger partial charge on any atom is 0.113 e. The maximum absolute atomic E-state index is 8.56. The van der Waals surface area contributed by atoms with Crippen molar-refractivity contribution in [1.82, 2.24) is 4.98 Å². The minimum absolute atomic E-state index is 0.154. The van der Waals surface area contributed by atoms with Gasteiger partial charge in [0.1, 0.15) is 12.3 Å². The Morgan fingerprint density at radius 3 is 3.07 bits per heavy atom. The summed E-state index contributed by atoms with van der Waals surface area (Å²) < 4.78 is 6.19. The van der Waals surface area contributed by atoms with Gasteiger partial charge >= 0.3 is 0 Å². The number of nitrogens with zero attached hydrogens (tertiary/aromatic N) is 1. The van der Waals surface area contributed by atoms with Crippen molar-refractivity contribution >= 4 is 44.4 Å². The van der Waals surface area contributed by atoms with Gasteiger partial charge in [0.05, 0.1) is 18.8 Å². The zero-order valence-electron chi connectivity index (χ0n) is 7.63. The summed E-state index contributed by atoms with van der Waals surface area (Å²) in [7, 11) is 0. The normalized spacial score (nSPS) is 10.3. The topological polar surface area (TPSA) is 42.4 Å². The Morgan fingerprint density at radius 2 is 2.40 bits per heavy atom. The lowest BCUT2D eigenvalue weighted by Gasteiger charge is -2.03. The van der Waals surface area contributed by atoms with E-state index in [4.69, 9.17) is 9.63 Å². The Hall–Kier alpha value is 0.270. The fourth-order valence-corrected chi connectivity index (χ4v) is 1.87. The largest absolute Gasteiger partial charge is 0.384 e. The predicted octanol–water partition coefficient (Wildman–Crippen LogP) is 2.65. The van der Waals surface area contributed by atoms with Crippen molar-refractivity contribution in [3.8, 4) is 11.8 Å². The van der Waals surface area contributed by atoms with Crippen LogP contribution in [0.5, 0.6) is 0 Å². The van der Waals surface area contributed by atoms with E-state index >= 15 is 0 Å². The van der Waals surface area contributed by atoms with Gasteiger partial charge < -0.3 is 9.63 Å². The minimum atomic E-state index is -0.154. The van der Waals surface area contributed by atoms with E-state index in [2.05, 4.69) is 54.8 Å². The second-order valence-corrected chi connectivity index (χ2v) is 5.07. The van der Waals surface area contributed by atoms with Crippen LogP contribution >= 0.6 is 44.4 Å². The number of hydrogen-bond donors (Lipinski definition) is 1. The highest BCUT2D eigenvalue weighted by atomic mass is 127. The second-order valence-electron chi connectivity index (χ2n) is 2.45. The van der Waals surface area contributed by atoms with Gasteiger partial charge in [0, 0.05) is 4.47 Å². The molecule has 0 aliphatic heterocycles. The van der Waals surface area contributed by atoms with Crippen LogP contribution < -0.4 is 0 Å². The van der Waals surface area contributed by atoms with Crippen LogP contribution in [-0.4, -0.2) is 16.7 Å². The average Bonchev–Trinajstić information content (AvgIpc) is 2.26. The third-order valence-corrected chi connectivity index (χ3v) is 3.39. The van der Waals surface area contributed by atoms with Crippen LogP contribution in [0.3, 0.4) is 0 Å². The Morgan fingerprint density at radius 1 is 1.60 bits per heavy atom. The fraction of sp³-hybridized carbons (Fsp3) is 0.222. The van der Waals surface area contributed by atoms with Crippen LogP contribution in [0.2, 0.25) is 0 Å². The molecular formula is C9H8BrINO2P. The summed E-state index contributed by atoms with van der Waals surface area (Å²) in [5.41, 5.74) is 1.46. The van der Waals surface area contributed by atoms with Crippen molar-refractivity contribution in [2.45, 2.75) is 6.61 Å². The lowest BCUT2D eigenvalue weighted by molar-refractivity contribution is 0.350. The van der Waals surface area contributed by atoms with E-state index in [-0.39, 0.29) is 6.61 Å². The Balaban J connectivity index is 2.84. The molecule has 80 valence electrons. The maximum atomic E-state index is 8.56. The van der Waals surface area contributed by atoms with Crippen molar-refractivity contribution in [1.29, 1.82) is 0 Å². The molecule has 1 atom stereocenters. The summed E-state index contributed by atoms with van der Waals surface area (Å²) in [4.78, 5) is 4.29. The Kier molecular flexibility index (Phi) is 6.69. The summed E-state index contributed by atoms with van der Waals surface area (Å²) in [6, 6.07) is 3.67. The van der Waals surface area contributed by atoms with E-state index in [1.165, 1.54) is 0 Å². The van der Waals surface area contributed by atoms with E-state index in [0.29, 0.717) is 18.8 Å². The van der Waals surface area contributed by atoms with Crippen LogP contribution in [0.25, 0.3) is 0 Å². The van der Waals surface area contributed by atoms with Crippen molar-refractivity contribution in [2.75, 3.05) is 6.61 Å². The number of pyridine rings is 1. The number of halogens is 2. The van der Waals surface area contributed by atoms with Crippen molar-refractivity contribution in [3.63, 3.8) is 0 Å². The zero-order valence-corrected chi connectivity index (χ0v) is 12.4. The molecular weight excluding hydrogens is 392 g/mol. The monoisotopic (exact) mass is 399 g/mol. The molecule has 1 aromatic heterocycles. The first-order chi connectivity index (χ1) is 7.27. The Bertz CT molecular complexity index is 391. The molecule has 0 spiro atoms. The number of aliphatic hydroxyl groups is 1. The molecule has 0 aromatic carbocycles. The highest BCUT2D eigenvalue weighted by Gasteiger charge is 2.02. The molecule has 1 N–H and O–H groups in total. The number of hydrogen-bond acceptors (Lipinski definition) is 3. The van der Waals surface area contributed by atoms with Crippen molar-refractivity contribution in [3.05, 3.63) is 28.0 Å². The number of rotatable bonds is 3. The van der Waals surface area contributed by atoms with Gasteiger partial charge in [0.15, 0.2) is 0 Å². The van der Waals surface area contributed by atoms with Gasteiger partial charge in [-0.3, -0.25) is 0 Å². The summed E-state index contributed by atoms with van der Waals surface area (Å²) >= 11 is 5.55. The molecule has 1 rings (SSSR count). The van der Waals surface area contributed by atoms with E-state index in [1.54, 1.807) is 6.07 Å². The first-order valence-corrected chi connectivity index (χ1v) is 8.82. The lowest BCUT2D eigenvalue weighted by atomic mass is 10.3. The van der Waals surface area contributed by atoms with Crippen molar-refractivity contribution < 1.29 is 9.63 Å². The summed E-state index contributed by atoms with van der Waals surface area (Å²) in [6.45, 7) is 0.725. The second kappa shape index (κ2) is 7.53. The molecule has 6 heteroatoms. The highest BCUT2D eigenvalue weighted by molar-refractivity contribution is 14.2. The fourth-order valence-electron chi connectivity index (χ4n) is 0.881. The minimum Gasteiger partial charge on any atom is -0.384 e. The van der Waals surface area contributed by atoms with Gasteiger partial charge in [-0.1, -0.05) is 5.92 Å². The SMILES string of the molecule is OCC#Cc1ccc(Br)c(COPI)n1. The summed E-state index contributed by atoms with van der Waals surface area (Å²) in [5.74, 6) is 5.31. The van der Waals surface area contributed by atoms with Gasteiger partial charge in [0.2, 0.25) is 0 Å². The highest BCUT2D eigenvalue weighted by Crippen LogP contribution is 2.25. The first-order valence-electron chi connectivity index (χ1n) is 4.00. The predicted molar refractivity (Wildman–Crippen MR) is 73.0 cm³/mol. The molecule has 0 radical (unpaired) electrons. The molecule has 0 saturated carbocycles. The molecule has 1 heterocycles. The molecule has 0 amide bonds. The van der Waals surface area contributed by atoms with Crippen LogP contribution in [0.4, 0.5) is 0 Å². The number of aliphatic hydroxyl groups excluding tert-OH is 1. The van der Waals surface area contributed by atoms with Crippen LogP contribution in [-0.2, 0) is 11.1 Å². The molecule has 0 fully saturated rings. The van der Waals surface area contributed by atoms with Gasteiger partial charge in [0.25, 0.3) is 0 Å². The summed E-state index contributed by atoms with van der Waals surface area (Å²) in [5, 5.41) is 8.56. The molecule has 3 nitrogen and oxygen atoms in total. The molecule has 15 heavy (non-hydrogen) atoms. The zero-order chi connectivity index (χ0) is 11.1. The van der Waals surface area contributed by atoms with Crippen molar-refractivity contribution in [2.24, 2.45) is 0 Å². The average molecular weight is 400 g/mol. The van der Waals surface area contributed by atoms with Gasteiger partial charge in [-0.15, -0.1) is 0 Å². The third kappa shape index (κ3) is 4.75. The lowest BCUT2D eigenvalue weighted by Crippen LogP contribution is -1.94. The van der Waals surface area contributed by atoms with Gasteiger partial charge in [-0.05, 0) is 56.0 Å². The van der Waals surface area contributed by atoms with Gasteiger partial charge in [-0.2, -0.15) is 0 Å². The molecule has 0 aliphatic rings. The molecule has 1 aromatic rings. The van der Waals surface area contributed by atoms with E-state index in [9.17, 15) is 0 Å². The smallest absolute Gasteiger partial charge is 0.113 e. The third-order valence-electron chi connectivity index (χ3n) is 1.48. The standard InChI is InChI=1S/C9H8BrINO2P/c10-8-4-3-7(2-1-5-13)12-9(8)6-14-15-11/h3-4,13,15H,5-6H2. The molecule has 0 bridgehead atoms. The molecule has 0 saturated heterocycles. The summed E-state index contributed by atoms with van der Waals surface area (Å²) in [6.07, 6.45) is 0. The first kappa shape index (κ1) is 13.3. The van der Waals surface area contributed by atoms with E-state index in [1.807, 2.05) is 6.07 Å². The Labute approximate surface area is 111 Å². The van der Waals surface area contributed by atoms with E-state index < -0.39 is 0 Å². The van der Waals surface area contributed by atoms with E-state index in [0.717, 1.165) is 10.2 Å². The van der Waals surface area contributed by atoms with Crippen LogP contribution in [0.1, 0.15) is 11.4 Å². The van der Waals surface area contributed by atoms with Crippen LogP contribution in [0, 0.1) is 11.8 Å². The number of aromatic nitrogens is 1. The quantitative estimate of drug-likeness (QED) is 0.482. The van der Waals surface area contributed by atoms with Crippen LogP contribution in [0.15, 0.2) is 16.6 Å². The molecule has 1 unspecified atom stereocenters.